The molecule has 0 atom stereocenters. The Morgan fingerprint density at radius 2 is 1.73 bits per heavy atom. The highest BCUT2D eigenvalue weighted by atomic mass is 16.5. The molecule has 0 aromatic heterocycles. The van der Waals surface area contributed by atoms with Crippen molar-refractivity contribution in [1.29, 1.82) is 0 Å². The third kappa shape index (κ3) is 4.55. The Kier molecular flexibility index (Phi) is 6.12. The molecule has 3 rings (SSSR count). The summed E-state index contributed by atoms with van der Waals surface area (Å²) < 4.78 is 10.7. The van der Waals surface area contributed by atoms with E-state index in [2.05, 4.69) is 17.0 Å². The van der Waals surface area contributed by atoms with Gasteiger partial charge in [0.15, 0.2) is 0 Å². The zero-order valence-electron chi connectivity index (χ0n) is 15.5. The van der Waals surface area contributed by atoms with Gasteiger partial charge in [-0.3, -0.25) is 9.69 Å². The molecule has 1 fully saturated rings. The van der Waals surface area contributed by atoms with E-state index in [-0.39, 0.29) is 5.91 Å². The molecule has 1 heterocycles. The minimum absolute atomic E-state index is 0.0737. The zero-order chi connectivity index (χ0) is 18.4. The minimum atomic E-state index is 0.0737. The molecule has 0 aliphatic carbocycles. The number of carbonyl (C=O) groups is 1. The van der Waals surface area contributed by atoms with Gasteiger partial charge in [-0.15, -0.1) is 0 Å². The number of carbonyl (C=O) groups excluding carboxylic acids is 1. The maximum atomic E-state index is 12.7. The van der Waals surface area contributed by atoms with Gasteiger partial charge < -0.3 is 14.4 Å². The molecule has 1 amide bonds. The Balaban J connectivity index is 1.52. The SMILES string of the molecule is CCOc1ccc(CN2CCN(C(=O)c3cccc(OC)c3)CC2)cc1. The van der Waals surface area contributed by atoms with Crippen molar-refractivity contribution >= 4 is 5.91 Å². The van der Waals surface area contributed by atoms with Crippen LogP contribution in [0.1, 0.15) is 22.8 Å². The Hall–Kier alpha value is -2.53. The number of hydrogen-bond acceptors (Lipinski definition) is 4. The molecule has 1 saturated heterocycles. The predicted molar refractivity (Wildman–Crippen MR) is 102 cm³/mol. The van der Waals surface area contributed by atoms with E-state index in [1.165, 1.54) is 5.56 Å². The van der Waals surface area contributed by atoms with Crippen molar-refractivity contribution in [3.63, 3.8) is 0 Å². The molecule has 0 N–H and O–H groups in total. The molecule has 138 valence electrons. The van der Waals surface area contributed by atoms with Crippen LogP contribution in [0.25, 0.3) is 0 Å². The van der Waals surface area contributed by atoms with Crippen LogP contribution in [-0.2, 0) is 6.54 Å². The highest BCUT2D eigenvalue weighted by Crippen LogP contribution is 2.17. The molecule has 5 heteroatoms. The van der Waals surface area contributed by atoms with E-state index in [9.17, 15) is 4.79 Å². The second-order valence-electron chi connectivity index (χ2n) is 6.38. The number of nitrogens with zero attached hydrogens (tertiary/aromatic N) is 2. The molecule has 0 spiro atoms. The summed E-state index contributed by atoms with van der Waals surface area (Å²) in [5.74, 6) is 1.69. The molecule has 26 heavy (non-hydrogen) atoms. The highest BCUT2D eigenvalue weighted by molar-refractivity contribution is 5.94. The first kappa shape index (κ1) is 18.3. The van der Waals surface area contributed by atoms with Crippen molar-refractivity contribution in [3.05, 3.63) is 59.7 Å². The van der Waals surface area contributed by atoms with Gasteiger partial charge in [-0.25, -0.2) is 0 Å². The molecular weight excluding hydrogens is 328 g/mol. The lowest BCUT2D eigenvalue weighted by atomic mass is 10.1. The fourth-order valence-electron chi connectivity index (χ4n) is 3.16. The van der Waals surface area contributed by atoms with Crippen LogP contribution < -0.4 is 9.47 Å². The largest absolute Gasteiger partial charge is 0.497 e. The third-order valence-electron chi connectivity index (χ3n) is 4.62. The molecule has 0 saturated carbocycles. The Labute approximate surface area is 155 Å². The van der Waals surface area contributed by atoms with Crippen molar-refractivity contribution in [2.24, 2.45) is 0 Å². The summed E-state index contributed by atoms with van der Waals surface area (Å²) in [6, 6.07) is 15.6. The van der Waals surface area contributed by atoms with Crippen LogP contribution in [0.2, 0.25) is 0 Å². The average molecular weight is 354 g/mol. The summed E-state index contributed by atoms with van der Waals surface area (Å²) in [6.07, 6.45) is 0. The number of rotatable bonds is 6. The Bertz CT molecular complexity index is 722. The smallest absolute Gasteiger partial charge is 0.254 e. The second kappa shape index (κ2) is 8.72. The molecule has 5 nitrogen and oxygen atoms in total. The number of piperazine rings is 1. The summed E-state index contributed by atoms with van der Waals surface area (Å²) in [7, 11) is 1.61. The zero-order valence-corrected chi connectivity index (χ0v) is 15.5. The number of hydrogen-bond donors (Lipinski definition) is 0. The first-order valence-corrected chi connectivity index (χ1v) is 9.07. The fourth-order valence-corrected chi connectivity index (χ4v) is 3.16. The molecule has 0 bridgehead atoms. The maximum Gasteiger partial charge on any atom is 0.254 e. The van der Waals surface area contributed by atoms with Crippen LogP contribution in [0.4, 0.5) is 0 Å². The topological polar surface area (TPSA) is 42.0 Å². The van der Waals surface area contributed by atoms with Gasteiger partial charge in [-0.2, -0.15) is 0 Å². The van der Waals surface area contributed by atoms with E-state index in [0.717, 1.165) is 38.5 Å². The lowest BCUT2D eigenvalue weighted by Crippen LogP contribution is -2.48. The molecule has 1 aliphatic heterocycles. The number of amides is 1. The molecule has 0 radical (unpaired) electrons. The fraction of sp³-hybridized carbons (Fsp3) is 0.381. The van der Waals surface area contributed by atoms with E-state index < -0.39 is 0 Å². The molecule has 1 aliphatic rings. The van der Waals surface area contributed by atoms with E-state index in [0.29, 0.717) is 17.9 Å². The van der Waals surface area contributed by atoms with Crippen molar-refractivity contribution in [3.8, 4) is 11.5 Å². The van der Waals surface area contributed by atoms with Crippen LogP contribution in [-0.4, -0.2) is 55.6 Å². The van der Waals surface area contributed by atoms with Crippen LogP contribution in [0, 0.1) is 0 Å². The van der Waals surface area contributed by atoms with Crippen molar-refractivity contribution in [2.45, 2.75) is 13.5 Å². The quantitative estimate of drug-likeness (QED) is 0.800. The van der Waals surface area contributed by atoms with Gasteiger partial charge in [0.25, 0.3) is 5.91 Å². The van der Waals surface area contributed by atoms with Gasteiger partial charge in [-0.05, 0) is 42.8 Å². The van der Waals surface area contributed by atoms with Crippen LogP contribution in [0.3, 0.4) is 0 Å². The number of methoxy groups -OCH3 is 1. The lowest BCUT2D eigenvalue weighted by Gasteiger charge is -2.34. The Morgan fingerprint density at radius 1 is 1.00 bits per heavy atom. The number of benzene rings is 2. The van der Waals surface area contributed by atoms with E-state index in [4.69, 9.17) is 9.47 Å². The molecule has 2 aromatic carbocycles. The van der Waals surface area contributed by atoms with Crippen molar-refractivity contribution in [2.75, 3.05) is 39.9 Å². The maximum absolute atomic E-state index is 12.7. The van der Waals surface area contributed by atoms with Gasteiger partial charge in [-0.1, -0.05) is 18.2 Å². The second-order valence-corrected chi connectivity index (χ2v) is 6.38. The monoisotopic (exact) mass is 354 g/mol. The average Bonchev–Trinajstić information content (AvgIpc) is 2.70. The van der Waals surface area contributed by atoms with Gasteiger partial charge in [0.05, 0.1) is 13.7 Å². The van der Waals surface area contributed by atoms with E-state index >= 15 is 0 Å². The highest BCUT2D eigenvalue weighted by Gasteiger charge is 2.22. The van der Waals surface area contributed by atoms with Gasteiger partial charge in [0.1, 0.15) is 11.5 Å². The van der Waals surface area contributed by atoms with Crippen LogP contribution in [0.5, 0.6) is 11.5 Å². The standard InChI is InChI=1S/C21H26N2O3/c1-3-26-19-9-7-17(8-10-19)16-22-11-13-23(14-12-22)21(24)18-5-4-6-20(15-18)25-2/h4-10,15H,3,11-14,16H2,1-2H3. The number of ether oxygens (including phenoxy) is 2. The van der Waals surface area contributed by atoms with Gasteiger partial charge in [0.2, 0.25) is 0 Å². The van der Waals surface area contributed by atoms with E-state index in [1.807, 2.05) is 42.2 Å². The van der Waals surface area contributed by atoms with Crippen molar-refractivity contribution < 1.29 is 14.3 Å². The Morgan fingerprint density at radius 3 is 2.38 bits per heavy atom. The first-order chi connectivity index (χ1) is 12.7. The summed E-state index contributed by atoms with van der Waals surface area (Å²) in [6.45, 7) is 6.81. The minimum Gasteiger partial charge on any atom is -0.497 e. The van der Waals surface area contributed by atoms with E-state index in [1.54, 1.807) is 13.2 Å². The molecular formula is C21H26N2O3. The van der Waals surface area contributed by atoms with Crippen molar-refractivity contribution in [1.82, 2.24) is 9.80 Å². The predicted octanol–water partition coefficient (Wildman–Crippen LogP) is 3.05. The summed E-state index contributed by atoms with van der Waals surface area (Å²) >= 11 is 0. The normalized spacial score (nSPS) is 14.9. The van der Waals surface area contributed by atoms with Crippen LogP contribution in [0.15, 0.2) is 48.5 Å². The summed E-state index contributed by atoms with van der Waals surface area (Å²) in [5, 5.41) is 0. The van der Waals surface area contributed by atoms with Crippen LogP contribution >= 0.6 is 0 Å². The lowest BCUT2D eigenvalue weighted by molar-refractivity contribution is 0.0628. The molecule has 0 unspecified atom stereocenters. The van der Waals surface area contributed by atoms with Gasteiger partial charge in [0, 0.05) is 38.3 Å². The first-order valence-electron chi connectivity index (χ1n) is 9.07. The van der Waals surface area contributed by atoms with Gasteiger partial charge >= 0.3 is 0 Å². The molecule has 2 aromatic rings. The summed E-state index contributed by atoms with van der Waals surface area (Å²) in [5.41, 5.74) is 1.95. The third-order valence-corrected chi connectivity index (χ3v) is 4.62. The summed E-state index contributed by atoms with van der Waals surface area (Å²) in [4.78, 5) is 17.0.